The summed E-state index contributed by atoms with van der Waals surface area (Å²) in [6.45, 7) is 0. The summed E-state index contributed by atoms with van der Waals surface area (Å²) in [4.78, 5) is 28.2. The van der Waals surface area contributed by atoms with Crippen molar-refractivity contribution in [1.29, 1.82) is 0 Å². The topological polar surface area (TPSA) is 77.5 Å². The first-order chi connectivity index (χ1) is 13.2. The molecule has 6 nitrogen and oxygen atoms in total. The minimum Gasteiger partial charge on any atom is -0.481 e. The van der Waals surface area contributed by atoms with Crippen LogP contribution in [0.4, 0.5) is 13.2 Å². The average molecular weight is 396 g/mol. The maximum absolute atomic E-state index is 12.6. The SMILES string of the molecule is COC(=O)[C@H](Cc1ccc(OC)nc1)NC(=O)Cc1ccc(C(F)(F)F)cc1. The molecule has 0 saturated heterocycles. The van der Waals surface area contributed by atoms with E-state index in [1.165, 1.54) is 32.5 Å². The summed E-state index contributed by atoms with van der Waals surface area (Å²) >= 11 is 0. The van der Waals surface area contributed by atoms with E-state index in [1.54, 1.807) is 12.1 Å². The quantitative estimate of drug-likeness (QED) is 0.728. The zero-order valence-corrected chi connectivity index (χ0v) is 15.2. The molecule has 1 N–H and O–H groups in total. The fourth-order valence-electron chi connectivity index (χ4n) is 2.47. The maximum atomic E-state index is 12.6. The van der Waals surface area contributed by atoms with Gasteiger partial charge in [0.2, 0.25) is 11.8 Å². The van der Waals surface area contributed by atoms with Gasteiger partial charge in [0.25, 0.3) is 0 Å². The van der Waals surface area contributed by atoms with E-state index in [0.29, 0.717) is 17.0 Å². The lowest BCUT2D eigenvalue weighted by Gasteiger charge is -2.17. The van der Waals surface area contributed by atoms with Gasteiger partial charge in [-0.05, 0) is 23.3 Å². The van der Waals surface area contributed by atoms with Crippen molar-refractivity contribution >= 4 is 11.9 Å². The maximum Gasteiger partial charge on any atom is 0.416 e. The molecule has 1 amide bonds. The number of alkyl halides is 3. The van der Waals surface area contributed by atoms with Gasteiger partial charge in [0.15, 0.2) is 0 Å². The number of hydrogen-bond donors (Lipinski definition) is 1. The highest BCUT2D eigenvalue weighted by atomic mass is 19.4. The number of methoxy groups -OCH3 is 2. The number of hydrogen-bond acceptors (Lipinski definition) is 5. The Labute approximate surface area is 159 Å². The fraction of sp³-hybridized carbons (Fsp3) is 0.316. The third kappa shape index (κ3) is 5.97. The zero-order chi connectivity index (χ0) is 20.7. The van der Waals surface area contributed by atoms with Gasteiger partial charge < -0.3 is 14.8 Å². The van der Waals surface area contributed by atoms with Gasteiger partial charge in [-0.3, -0.25) is 4.79 Å². The molecule has 2 rings (SSSR count). The van der Waals surface area contributed by atoms with Crippen LogP contribution in [0.25, 0.3) is 0 Å². The first-order valence-corrected chi connectivity index (χ1v) is 8.25. The molecule has 0 spiro atoms. The largest absolute Gasteiger partial charge is 0.481 e. The molecule has 0 unspecified atom stereocenters. The summed E-state index contributed by atoms with van der Waals surface area (Å²) in [7, 11) is 2.67. The predicted molar refractivity (Wildman–Crippen MR) is 93.6 cm³/mol. The van der Waals surface area contributed by atoms with Crippen LogP contribution in [0.5, 0.6) is 5.88 Å². The molecule has 0 saturated carbocycles. The molecule has 0 aliphatic carbocycles. The molecule has 0 radical (unpaired) electrons. The standard InChI is InChI=1S/C19H19F3N2O4/c1-27-17-8-5-13(11-23-17)9-15(18(26)28-2)24-16(25)10-12-3-6-14(7-4-12)19(20,21)22/h3-8,11,15H,9-10H2,1-2H3,(H,24,25)/t15-/m0/s1. The number of carbonyl (C=O) groups excluding carboxylic acids is 2. The van der Waals surface area contributed by atoms with Gasteiger partial charge >= 0.3 is 12.1 Å². The number of nitrogens with one attached hydrogen (secondary N) is 1. The molecule has 0 bridgehead atoms. The number of esters is 1. The lowest BCUT2D eigenvalue weighted by molar-refractivity contribution is -0.145. The highest BCUT2D eigenvalue weighted by molar-refractivity contribution is 5.85. The lowest BCUT2D eigenvalue weighted by atomic mass is 10.1. The molecule has 2 aromatic rings. The Balaban J connectivity index is 2.02. The third-order valence-corrected chi connectivity index (χ3v) is 3.91. The number of nitrogens with zero attached hydrogens (tertiary/aromatic N) is 1. The Morgan fingerprint density at radius 1 is 1.07 bits per heavy atom. The summed E-state index contributed by atoms with van der Waals surface area (Å²) < 4.78 is 47.4. The van der Waals surface area contributed by atoms with E-state index < -0.39 is 29.7 Å². The average Bonchev–Trinajstić information content (AvgIpc) is 2.67. The van der Waals surface area contributed by atoms with Gasteiger partial charge in [-0.15, -0.1) is 0 Å². The van der Waals surface area contributed by atoms with Crippen molar-refractivity contribution in [3.63, 3.8) is 0 Å². The molecular formula is C19H19F3N2O4. The van der Waals surface area contributed by atoms with Crippen LogP contribution in [0.2, 0.25) is 0 Å². The number of benzene rings is 1. The first kappa shape index (κ1) is 21.2. The summed E-state index contributed by atoms with van der Waals surface area (Å²) in [5.41, 5.74) is 0.266. The van der Waals surface area contributed by atoms with Crippen LogP contribution in [0.1, 0.15) is 16.7 Å². The molecule has 0 aliphatic rings. The molecule has 28 heavy (non-hydrogen) atoms. The van der Waals surface area contributed by atoms with Crippen LogP contribution < -0.4 is 10.1 Å². The third-order valence-electron chi connectivity index (χ3n) is 3.91. The Bertz CT molecular complexity index is 805. The van der Waals surface area contributed by atoms with Crippen molar-refractivity contribution < 1.29 is 32.2 Å². The molecule has 0 aliphatic heterocycles. The van der Waals surface area contributed by atoms with Crippen molar-refractivity contribution in [2.24, 2.45) is 0 Å². The van der Waals surface area contributed by atoms with Crippen LogP contribution in [-0.2, 0) is 33.3 Å². The van der Waals surface area contributed by atoms with Gasteiger partial charge in [0, 0.05) is 18.7 Å². The monoisotopic (exact) mass is 396 g/mol. The number of aromatic nitrogens is 1. The second-order valence-corrected chi connectivity index (χ2v) is 5.93. The van der Waals surface area contributed by atoms with E-state index in [4.69, 9.17) is 9.47 Å². The van der Waals surface area contributed by atoms with Gasteiger partial charge in [-0.25, -0.2) is 9.78 Å². The van der Waals surface area contributed by atoms with Crippen LogP contribution >= 0.6 is 0 Å². The Morgan fingerprint density at radius 2 is 1.71 bits per heavy atom. The van der Waals surface area contributed by atoms with Gasteiger partial charge in [0.05, 0.1) is 26.2 Å². The van der Waals surface area contributed by atoms with E-state index in [9.17, 15) is 22.8 Å². The molecule has 9 heteroatoms. The van der Waals surface area contributed by atoms with Crippen molar-refractivity contribution in [2.45, 2.75) is 25.1 Å². The van der Waals surface area contributed by atoms with E-state index in [2.05, 4.69) is 10.3 Å². The van der Waals surface area contributed by atoms with E-state index in [0.717, 1.165) is 12.1 Å². The van der Waals surface area contributed by atoms with E-state index >= 15 is 0 Å². The molecule has 1 aromatic carbocycles. The Morgan fingerprint density at radius 3 is 2.21 bits per heavy atom. The van der Waals surface area contributed by atoms with Crippen LogP contribution in [0, 0.1) is 0 Å². The highest BCUT2D eigenvalue weighted by Gasteiger charge is 2.30. The second-order valence-electron chi connectivity index (χ2n) is 5.93. The molecule has 1 atom stereocenters. The number of amides is 1. The first-order valence-electron chi connectivity index (χ1n) is 8.25. The second kappa shape index (κ2) is 9.20. The number of ether oxygens (including phenoxy) is 2. The van der Waals surface area contributed by atoms with Gasteiger partial charge in [-0.1, -0.05) is 18.2 Å². The van der Waals surface area contributed by atoms with Crippen molar-refractivity contribution in [2.75, 3.05) is 14.2 Å². The van der Waals surface area contributed by atoms with E-state index in [1.807, 2.05) is 0 Å². The zero-order valence-electron chi connectivity index (χ0n) is 15.2. The summed E-state index contributed by atoms with van der Waals surface area (Å²) in [5.74, 6) is -0.752. The fourth-order valence-corrected chi connectivity index (χ4v) is 2.47. The molecule has 1 heterocycles. The number of rotatable bonds is 7. The summed E-state index contributed by atoms with van der Waals surface area (Å²) in [6, 6.07) is 6.62. The number of carbonyl (C=O) groups is 2. The van der Waals surface area contributed by atoms with Crippen LogP contribution in [-0.4, -0.2) is 37.1 Å². The molecular weight excluding hydrogens is 377 g/mol. The van der Waals surface area contributed by atoms with Crippen molar-refractivity contribution in [1.82, 2.24) is 10.3 Å². The normalized spacial score (nSPS) is 12.2. The highest BCUT2D eigenvalue weighted by Crippen LogP contribution is 2.29. The van der Waals surface area contributed by atoms with Gasteiger partial charge in [0.1, 0.15) is 6.04 Å². The van der Waals surface area contributed by atoms with Crippen LogP contribution in [0.15, 0.2) is 42.6 Å². The minimum atomic E-state index is -4.44. The Hall–Kier alpha value is -3.10. The van der Waals surface area contributed by atoms with Crippen LogP contribution in [0.3, 0.4) is 0 Å². The van der Waals surface area contributed by atoms with Crippen molar-refractivity contribution in [3.05, 3.63) is 59.3 Å². The van der Waals surface area contributed by atoms with E-state index in [-0.39, 0.29) is 12.8 Å². The summed E-state index contributed by atoms with van der Waals surface area (Å²) in [5, 5.41) is 2.54. The minimum absolute atomic E-state index is 0.141. The van der Waals surface area contributed by atoms with Crippen molar-refractivity contribution in [3.8, 4) is 5.88 Å². The Kier molecular flexibility index (Phi) is 6.97. The molecule has 1 aromatic heterocycles. The molecule has 0 fully saturated rings. The number of pyridine rings is 1. The molecule has 150 valence electrons. The van der Waals surface area contributed by atoms with Gasteiger partial charge in [-0.2, -0.15) is 13.2 Å². The smallest absolute Gasteiger partial charge is 0.416 e. The summed E-state index contributed by atoms with van der Waals surface area (Å²) in [6.07, 6.45) is -2.96. The lowest BCUT2D eigenvalue weighted by Crippen LogP contribution is -2.43. The predicted octanol–water partition coefficient (Wildman–Crippen LogP) is 2.55. The number of halogens is 3.